The predicted octanol–water partition coefficient (Wildman–Crippen LogP) is 5.12. The van der Waals surface area contributed by atoms with E-state index >= 15 is 0 Å². The number of rotatable bonds is 7. The molecular weight excluding hydrogens is 409 g/mol. The lowest BCUT2D eigenvalue weighted by Crippen LogP contribution is -2.43. The summed E-state index contributed by atoms with van der Waals surface area (Å²) in [5, 5.41) is 2.96. The minimum Gasteiger partial charge on any atom is -0.451 e. The Balaban J connectivity index is 1.57. The van der Waals surface area contributed by atoms with E-state index in [1.807, 2.05) is 0 Å². The molecule has 1 aliphatic heterocycles. The van der Waals surface area contributed by atoms with Crippen LogP contribution in [-0.2, 0) is 11.0 Å². The molecular formula is C23H27F3N2O3. The molecule has 0 atom stereocenters. The molecule has 0 aliphatic carbocycles. The highest BCUT2D eigenvalue weighted by atomic mass is 19.4. The number of furan rings is 1. The van der Waals surface area contributed by atoms with Crippen LogP contribution in [-0.4, -0.2) is 36.3 Å². The Morgan fingerprint density at radius 3 is 2.55 bits per heavy atom. The molecule has 2 amide bonds. The van der Waals surface area contributed by atoms with E-state index in [1.54, 1.807) is 4.90 Å². The molecule has 168 valence electrons. The molecule has 0 radical (unpaired) electrons. The van der Waals surface area contributed by atoms with Crippen molar-refractivity contribution in [2.24, 2.45) is 5.92 Å². The van der Waals surface area contributed by atoms with E-state index in [0.29, 0.717) is 32.5 Å². The fraction of sp³-hybridized carbons (Fsp3) is 0.478. The summed E-state index contributed by atoms with van der Waals surface area (Å²) in [5.74, 6) is -0.110. The van der Waals surface area contributed by atoms with E-state index in [9.17, 15) is 22.8 Å². The average Bonchev–Trinajstić information content (AvgIpc) is 3.26. The molecule has 1 saturated heterocycles. The van der Waals surface area contributed by atoms with E-state index in [-0.39, 0.29) is 34.8 Å². The van der Waals surface area contributed by atoms with Crippen molar-refractivity contribution in [3.63, 3.8) is 0 Å². The number of piperidine rings is 1. The molecule has 2 heterocycles. The molecule has 8 heteroatoms. The molecule has 3 rings (SSSR count). The highest BCUT2D eigenvalue weighted by Gasteiger charge is 2.31. The summed E-state index contributed by atoms with van der Waals surface area (Å²) in [4.78, 5) is 26.6. The number of nitrogens with one attached hydrogen (secondary N) is 1. The summed E-state index contributed by atoms with van der Waals surface area (Å²) in [5.41, 5.74) is -0.517. The van der Waals surface area contributed by atoms with Gasteiger partial charge in [-0.25, -0.2) is 0 Å². The lowest BCUT2D eigenvalue weighted by molar-refractivity contribution is -0.137. The fourth-order valence-corrected chi connectivity index (χ4v) is 3.69. The van der Waals surface area contributed by atoms with E-state index < -0.39 is 11.7 Å². The lowest BCUT2D eigenvalue weighted by Gasteiger charge is -2.30. The smallest absolute Gasteiger partial charge is 0.416 e. The zero-order chi connectivity index (χ0) is 22.4. The Morgan fingerprint density at radius 1 is 1.13 bits per heavy atom. The summed E-state index contributed by atoms with van der Waals surface area (Å²) in [7, 11) is 0. The van der Waals surface area contributed by atoms with Crippen LogP contribution in [0.2, 0.25) is 0 Å². The number of nitrogens with zero attached hydrogens (tertiary/aromatic N) is 1. The van der Waals surface area contributed by atoms with Gasteiger partial charge in [-0.2, -0.15) is 13.2 Å². The first-order chi connectivity index (χ1) is 14.8. The maximum absolute atomic E-state index is 12.9. The van der Waals surface area contributed by atoms with Crippen LogP contribution in [0.15, 0.2) is 40.8 Å². The third kappa shape index (κ3) is 5.89. The molecule has 0 bridgehead atoms. The highest BCUT2D eigenvalue weighted by Crippen LogP contribution is 2.33. The zero-order valence-electron chi connectivity index (χ0n) is 17.5. The molecule has 0 spiro atoms. The van der Waals surface area contributed by atoms with E-state index in [0.717, 1.165) is 31.4 Å². The van der Waals surface area contributed by atoms with Crippen LogP contribution in [0, 0.1) is 5.92 Å². The molecule has 2 aromatic rings. The topological polar surface area (TPSA) is 62.6 Å². The second-order valence-corrected chi connectivity index (χ2v) is 7.81. The number of benzene rings is 1. The lowest BCUT2D eigenvalue weighted by atomic mass is 9.95. The Kier molecular flexibility index (Phi) is 7.41. The van der Waals surface area contributed by atoms with Crippen molar-refractivity contribution in [3.05, 3.63) is 47.7 Å². The van der Waals surface area contributed by atoms with Gasteiger partial charge in [0, 0.05) is 31.1 Å². The Bertz CT molecular complexity index is 899. The average molecular weight is 436 g/mol. The molecule has 1 aromatic heterocycles. The largest absolute Gasteiger partial charge is 0.451 e. The minimum absolute atomic E-state index is 0.0352. The van der Waals surface area contributed by atoms with Crippen molar-refractivity contribution in [1.82, 2.24) is 10.2 Å². The predicted molar refractivity (Wildman–Crippen MR) is 110 cm³/mol. The standard InChI is InChI=1S/C23H27F3N2O3/c1-2-3-4-12-27-21(29)16-10-13-28(14-11-16)22(30)20-9-8-19(31-20)17-6-5-7-18(15-17)23(24,25)26/h5-9,15-16H,2-4,10-14H2,1H3,(H,27,29). The molecule has 31 heavy (non-hydrogen) atoms. The van der Waals surface area contributed by atoms with Crippen LogP contribution in [0.4, 0.5) is 13.2 Å². The summed E-state index contributed by atoms with van der Waals surface area (Å²) in [6.07, 6.45) is -0.156. The van der Waals surface area contributed by atoms with Gasteiger partial charge >= 0.3 is 6.18 Å². The quantitative estimate of drug-likeness (QED) is 0.613. The molecule has 1 N–H and O–H groups in total. The molecule has 1 fully saturated rings. The van der Waals surface area contributed by atoms with Crippen molar-refractivity contribution in [2.45, 2.75) is 45.2 Å². The first-order valence-corrected chi connectivity index (χ1v) is 10.6. The number of amides is 2. The third-order valence-electron chi connectivity index (χ3n) is 5.52. The van der Waals surface area contributed by atoms with Gasteiger partial charge in [0.1, 0.15) is 5.76 Å². The molecule has 5 nitrogen and oxygen atoms in total. The van der Waals surface area contributed by atoms with Gasteiger partial charge in [-0.3, -0.25) is 9.59 Å². The van der Waals surface area contributed by atoms with Crippen molar-refractivity contribution in [3.8, 4) is 11.3 Å². The molecule has 1 aliphatic rings. The van der Waals surface area contributed by atoms with Crippen molar-refractivity contribution in [2.75, 3.05) is 19.6 Å². The van der Waals surface area contributed by atoms with Gasteiger partial charge in [0.15, 0.2) is 5.76 Å². The summed E-state index contributed by atoms with van der Waals surface area (Å²) in [6, 6.07) is 7.77. The number of alkyl halides is 3. The third-order valence-corrected chi connectivity index (χ3v) is 5.52. The van der Waals surface area contributed by atoms with Crippen LogP contribution in [0.25, 0.3) is 11.3 Å². The highest BCUT2D eigenvalue weighted by molar-refractivity contribution is 5.92. The molecule has 0 saturated carbocycles. The Morgan fingerprint density at radius 2 is 1.87 bits per heavy atom. The number of hydrogen-bond acceptors (Lipinski definition) is 3. The van der Waals surface area contributed by atoms with Gasteiger partial charge in [-0.15, -0.1) is 0 Å². The first-order valence-electron chi connectivity index (χ1n) is 10.6. The fourth-order valence-electron chi connectivity index (χ4n) is 3.69. The Hall–Kier alpha value is -2.77. The summed E-state index contributed by atoms with van der Waals surface area (Å²) in [6.45, 7) is 3.66. The SMILES string of the molecule is CCCCCNC(=O)C1CCN(C(=O)c2ccc(-c3cccc(C(F)(F)F)c3)o2)CC1. The number of hydrogen-bond donors (Lipinski definition) is 1. The number of carbonyl (C=O) groups is 2. The molecule has 0 unspecified atom stereocenters. The van der Waals surface area contributed by atoms with Crippen LogP contribution >= 0.6 is 0 Å². The number of unbranched alkanes of at least 4 members (excludes halogenated alkanes) is 2. The maximum atomic E-state index is 12.9. The van der Waals surface area contributed by atoms with Crippen molar-refractivity contribution >= 4 is 11.8 Å². The van der Waals surface area contributed by atoms with Crippen molar-refractivity contribution < 1.29 is 27.2 Å². The first kappa shape index (κ1) is 22.9. The Labute approximate surface area is 179 Å². The van der Waals surface area contributed by atoms with E-state index in [4.69, 9.17) is 4.42 Å². The summed E-state index contributed by atoms with van der Waals surface area (Å²) < 4.78 is 44.4. The zero-order valence-corrected chi connectivity index (χ0v) is 17.5. The number of likely N-dealkylation sites (tertiary alicyclic amines) is 1. The second kappa shape index (κ2) is 10.0. The summed E-state index contributed by atoms with van der Waals surface area (Å²) >= 11 is 0. The van der Waals surface area contributed by atoms with Crippen molar-refractivity contribution in [1.29, 1.82) is 0 Å². The van der Waals surface area contributed by atoms with Gasteiger partial charge < -0.3 is 14.6 Å². The van der Waals surface area contributed by atoms with Crippen LogP contribution in [0.5, 0.6) is 0 Å². The van der Waals surface area contributed by atoms with Gasteiger partial charge in [0.25, 0.3) is 5.91 Å². The van der Waals surface area contributed by atoms with Gasteiger partial charge in [0.05, 0.1) is 5.56 Å². The monoisotopic (exact) mass is 436 g/mol. The van der Waals surface area contributed by atoms with E-state index in [1.165, 1.54) is 24.3 Å². The minimum atomic E-state index is -4.45. The molecule has 1 aromatic carbocycles. The maximum Gasteiger partial charge on any atom is 0.416 e. The van der Waals surface area contributed by atoms with Crippen LogP contribution in [0.1, 0.15) is 55.1 Å². The van der Waals surface area contributed by atoms with Gasteiger partial charge in [0.2, 0.25) is 5.91 Å². The van der Waals surface area contributed by atoms with Crippen LogP contribution in [0.3, 0.4) is 0 Å². The second-order valence-electron chi connectivity index (χ2n) is 7.81. The van der Waals surface area contributed by atoms with Gasteiger partial charge in [-0.05, 0) is 43.5 Å². The number of halogens is 3. The number of carbonyl (C=O) groups excluding carboxylic acids is 2. The normalized spacial score (nSPS) is 15.2. The van der Waals surface area contributed by atoms with Gasteiger partial charge in [-0.1, -0.05) is 31.9 Å². The van der Waals surface area contributed by atoms with Crippen LogP contribution < -0.4 is 5.32 Å². The van der Waals surface area contributed by atoms with E-state index in [2.05, 4.69) is 12.2 Å².